The highest BCUT2D eigenvalue weighted by molar-refractivity contribution is 6.36. The van der Waals surface area contributed by atoms with E-state index >= 15 is 4.39 Å². The number of hydrogen-bond acceptors (Lipinski definition) is 4. The molecule has 8 nitrogen and oxygen atoms in total. The van der Waals surface area contributed by atoms with Gasteiger partial charge in [-0.15, -0.1) is 0 Å². The second-order valence-corrected chi connectivity index (χ2v) is 7.55. The summed E-state index contributed by atoms with van der Waals surface area (Å²) in [7, 11) is 1.48. The lowest BCUT2D eigenvalue weighted by atomic mass is 9.95. The lowest BCUT2D eigenvalue weighted by Gasteiger charge is -2.29. The van der Waals surface area contributed by atoms with Crippen LogP contribution in [0.4, 0.5) is 25.5 Å². The van der Waals surface area contributed by atoms with Crippen LogP contribution >= 0.6 is 11.6 Å². The van der Waals surface area contributed by atoms with E-state index < -0.39 is 17.9 Å². The van der Waals surface area contributed by atoms with Crippen molar-refractivity contribution in [2.45, 2.75) is 19.8 Å². The van der Waals surface area contributed by atoms with Crippen LogP contribution in [0.15, 0.2) is 24.5 Å². The van der Waals surface area contributed by atoms with Crippen LogP contribution in [0.1, 0.15) is 17.7 Å². The molecule has 3 amide bonds. The average Bonchev–Trinajstić information content (AvgIpc) is 2.76. The Hall–Kier alpha value is -3.46. The number of carbonyl (C=O) groups is 2. The van der Waals surface area contributed by atoms with Crippen LogP contribution in [0.3, 0.4) is 0 Å². The number of anilines is 2. The summed E-state index contributed by atoms with van der Waals surface area (Å²) in [5.41, 5.74) is 2.41. The fourth-order valence-corrected chi connectivity index (χ4v) is 4.10. The van der Waals surface area contributed by atoms with E-state index in [1.54, 1.807) is 25.3 Å². The predicted octanol–water partition coefficient (Wildman–Crippen LogP) is 4.58. The average molecular weight is 444 g/mol. The molecule has 1 aromatic carbocycles. The Labute approximate surface area is 182 Å². The van der Waals surface area contributed by atoms with Gasteiger partial charge in [-0.3, -0.25) is 15.2 Å². The highest BCUT2D eigenvalue weighted by Crippen LogP contribution is 2.40. The third-order valence-electron chi connectivity index (χ3n) is 5.34. The van der Waals surface area contributed by atoms with E-state index in [4.69, 9.17) is 11.6 Å². The van der Waals surface area contributed by atoms with Gasteiger partial charge in [0.25, 0.3) is 0 Å². The lowest BCUT2D eigenvalue weighted by molar-refractivity contribution is 0.201. The number of amides is 3. The summed E-state index contributed by atoms with van der Waals surface area (Å²) < 4.78 is 15.3. The van der Waals surface area contributed by atoms with Crippen molar-refractivity contribution in [1.29, 1.82) is 0 Å². The third kappa shape index (κ3) is 3.61. The summed E-state index contributed by atoms with van der Waals surface area (Å²) >= 11 is 6.30. The smallest absolute Gasteiger partial charge is 0.411 e. The van der Waals surface area contributed by atoms with Gasteiger partial charge >= 0.3 is 12.1 Å². The van der Waals surface area contributed by atoms with Crippen molar-refractivity contribution in [3.05, 3.63) is 46.6 Å². The zero-order chi connectivity index (χ0) is 22.3. The number of nitrogens with one attached hydrogen (secondary N) is 2. The molecule has 0 radical (unpaired) electrons. The molecule has 2 aromatic heterocycles. The maximum absolute atomic E-state index is 15.3. The summed E-state index contributed by atoms with van der Waals surface area (Å²) in [6, 6.07) is 2.74. The Morgan fingerprint density at radius 1 is 1.23 bits per heavy atom. The summed E-state index contributed by atoms with van der Waals surface area (Å²) in [6.07, 6.45) is 3.19. The molecule has 0 aliphatic carbocycles. The van der Waals surface area contributed by atoms with E-state index in [1.807, 2.05) is 0 Å². The number of benzene rings is 1. The van der Waals surface area contributed by atoms with Gasteiger partial charge in [0.2, 0.25) is 0 Å². The molecule has 0 atom stereocenters. The molecule has 0 fully saturated rings. The highest BCUT2D eigenvalue weighted by Gasteiger charge is 2.27. The molecule has 31 heavy (non-hydrogen) atoms. The Kier molecular flexibility index (Phi) is 5.36. The van der Waals surface area contributed by atoms with Gasteiger partial charge in [-0.05, 0) is 42.8 Å². The summed E-state index contributed by atoms with van der Waals surface area (Å²) in [5.74, 6) is -0.372. The number of rotatable bonds is 2. The molecule has 1 aliphatic heterocycles. The molecule has 0 unspecified atom stereocenters. The Morgan fingerprint density at radius 3 is 2.71 bits per heavy atom. The van der Waals surface area contributed by atoms with Crippen LogP contribution in [-0.4, -0.2) is 40.8 Å². The van der Waals surface area contributed by atoms with E-state index in [0.717, 1.165) is 0 Å². The van der Waals surface area contributed by atoms with Gasteiger partial charge < -0.3 is 10.4 Å². The first-order chi connectivity index (χ1) is 14.8. The molecule has 3 heterocycles. The van der Waals surface area contributed by atoms with Gasteiger partial charge in [-0.1, -0.05) is 11.6 Å². The lowest BCUT2D eigenvalue weighted by Crippen LogP contribution is -2.35. The van der Waals surface area contributed by atoms with E-state index in [2.05, 4.69) is 20.6 Å². The number of aromatic nitrogens is 2. The standard InChI is InChI=1S/C21H19ClFN5O3/c1-10-13(8-25-15-4-3-5-28(19(10)15)21(30)31)12-6-11-7-16(27-20(29)24-2)26-9-14(11)17(22)18(12)23/h6-9H,3-5H2,1-2H3,(H,30,31)(H2,24,26,27,29). The second-order valence-electron chi connectivity index (χ2n) is 7.18. The van der Waals surface area contributed by atoms with E-state index in [-0.39, 0.29) is 16.4 Å². The normalized spacial score (nSPS) is 13.1. The van der Waals surface area contributed by atoms with E-state index in [9.17, 15) is 14.7 Å². The number of carbonyl (C=O) groups excluding carboxylic acids is 1. The first kappa shape index (κ1) is 20.8. The van der Waals surface area contributed by atoms with E-state index in [0.29, 0.717) is 52.7 Å². The molecular formula is C21H19ClFN5O3. The Morgan fingerprint density at radius 2 is 2.00 bits per heavy atom. The van der Waals surface area contributed by atoms with Crippen LogP contribution in [0, 0.1) is 12.7 Å². The molecule has 4 rings (SSSR count). The summed E-state index contributed by atoms with van der Waals surface area (Å²) in [4.78, 5) is 33.1. The van der Waals surface area contributed by atoms with Crippen LogP contribution in [-0.2, 0) is 6.42 Å². The van der Waals surface area contributed by atoms with Gasteiger partial charge in [0.15, 0.2) is 0 Å². The molecule has 3 N–H and O–H groups in total. The topological polar surface area (TPSA) is 107 Å². The van der Waals surface area contributed by atoms with Crippen LogP contribution in [0.2, 0.25) is 5.02 Å². The number of aryl methyl sites for hydroxylation is 1. The van der Waals surface area contributed by atoms with Crippen LogP contribution < -0.4 is 15.5 Å². The molecule has 160 valence electrons. The maximum atomic E-state index is 15.3. The van der Waals surface area contributed by atoms with Crippen molar-refractivity contribution in [3.8, 4) is 11.1 Å². The third-order valence-corrected chi connectivity index (χ3v) is 5.71. The van der Waals surface area contributed by atoms with Crippen molar-refractivity contribution < 1.29 is 19.1 Å². The summed E-state index contributed by atoms with van der Waals surface area (Å²) in [6.45, 7) is 2.11. The van der Waals surface area contributed by atoms with Gasteiger partial charge in [-0.2, -0.15) is 0 Å². The van der Waals surface area contributed by atoms with E-state index in [1.165, 1.54) is 18.1 Å². The molecule has 0 spiro atoms. The molecule has 0 saturated heterocycles. The largest absolute Gasteiger partial charge is 0.465 e. The SMILES string of the molecule is CNC(=O)Nc1cc2cc(-c3cnc4c(c3C)N(C(=O)O)CCC4)c(F)c(Cl)c2cn1. The second kappa shape index (κ2) is 7.99. The quantitative estimate of drug-likeness (QED) is 0.537. The fraction of sp³-hybridized carbons (Fsp3) is 0.238. The van der Waals surface area contributed by atoms with Gasteiger partial charge in [-0.25, -0.2) is 19.0 Å². The zero-order valence-electron chi connectivity index (χ0n) is 16.8. The minimum atomic E-state index is -1.07. The maximum Gasteiger partial charge on any atom is 0.411 e. The van der Waals surface area contributed by atoms with Gasteiger partial charge in [0.05, 0.1) is 16.4 Å². The zero-order valence-corrected chi connectivity index (χ0v) is 17.5. The molecule has 10 heteroatoms. The van der Waals surface area contributed by atoms with Crippen molar-refractivity contribution in [3.63, 3.8) is 0 Å². The van der Waals surface area contributed by atoms with Crippen molar-refractivity contribution in [2.75, 3.05) is 23.8 Å². The number of urea groups is 1. The predicted molar refractivity (Wildman–Crippen MR) is 116 cm³/mol. The number of halogens is 2. The number of fused-ring (bicyclic) bond motifs is 2. The van der Waals surface area contributed by atoms with Crippen molar-refractivity contribution >= 4 is 46.0 Å². The number of pyridine rings is 2. The minimum absolute atomic E-state index is 0.112. The molecule has 0 saturated carbocycles. The van der Waals surface area contributed by atoms with Gasteiger partial charge in [0.1, 0.15) is 11.6 Å². The Balaban J connectivity index is 1.90. The van der Waals surface area contributed by atoms with Crippen LogP contribution in [0.5, 0.6) is 0 Å². The highest BCUT2D eigenvalue weighted by atomic mass is 35.5. The fourth-order valence-electron chi connectivity index (χ4n) is 3.84. The number of hydrogen-bond donors (Lipinski definition) is 3. The van der Waals surface area contributed by atoms with Crippen molar-refractivity contribution in [2.24, 2.45) is 0 Å². The number of carboxylic acid groups (broad SMARTS) is 1. The Bertz CT molecular complexity index is 1230. The molecule has 3 aromatic rings. The monoisotopic (exact) mass is 443 g/mol. The molecule has 0 bridgehead atoms. The molecule has 1 aliphatic rings. The van der Waals surface area contributed by atoms with Crippen molar-refractivity contribution in [1.82, 2.24) is 15.3 Å². The minimum Gasteiger partial charge on any atom is -0.465 e. The van der Waals surface area contributed by atoms with Gasteiger partial charge in [0, 0.05) is 42.5 Å². The number of nitrogens with zero attached hydrogens (tertiary/aromatic N) is 3. The first-order valence-electron chi connectivity index (χ1n) is 9.57. The van der Waals surface area contributed by atoms with Crippen LogP contribution in [0.25, 0.3) is 21.9 Å². The first-order valence-corrected chi connectivity index (χ1v) is 9.95. The molecular weight excluding hydrogens is 425 g/mol. The summed E-state index contributed by atoms with van der Waals surface area (Å²) in [5, 5.41) is 15.4.